The first-order chi connectivity index (χ1) is 15.3. The Kier molecular flexibility index (Phi) is 5.71. The van der Waals surface area contributed by atoms with Gasteiger partial charge >= 0.3 is 5.97 Å². The topological polar surface area (TPSA) is 97.0 Å². The first kappa shape index (κ1) is 21.6. The smallest absolute Gasteiger partial charge is 0.337 e. The molecule has 0 spiro atoms. The van der Waals surface area contributed by atoms with Gasteiger partial charge in [0.2, 0.25) is 0 Å². The maximum Gasteiger partial charge on any atom is 0.337 e. The summed E-state index contributed by atoms with van der Waals surface area (Å²) < 4.78 is 11.1. The zero-order valence-corrected chi connectivity index (χ0v) is 18.8. The summed E-state index contributed by atoms with van der Waals surface area (Å²) >= 11 is 3.41. The van der Waals surface area contributed by atoms with E-state index in [2.05, 4.69) is 15.9 Å². The van der Waals surface area contributed by atoms with Gasteiger partial charge < -0.3 is 14.3 Å². The highest BCUT2D eigenvalue weighted by Gasteiger charge is 2.48. The fourth-order valence-corrected chi connectivity index (χ4v) is 3.88. The highest BCUT2D eigenvalue weighted by Crippen LogP contribution is 2.42. The van der Waals surface area contributed by atoms with E-state index in [0.29, 0.717) is 22.6 Å². The average molecular weight is 496 g/mol. The number of esters is 1. The number of furan rings is 1. The van der Waals surface area contributed by atoms with E-state index in [9.17, 15) is 19.5 Å². The summed E-state index contributed by atoms with van der Waals surface area (Å²) in [7, 11) is 1.27. The van der Waals surface area contributed by atoms with Crippen LogP contribution in [-0.4, -0.2) is 29.9 Å². The molecule has 4 rings (SSSR count). The molecule has 7 nitrogen and oxygen atoms in total. The van der Waals surface area contributed by atoms with E-state index in [1.165, 1.54) is 42.5 Å². The summed E-state index contributed by atoms with van der Waals surface area (Å²) in [4.78, 5) is 39.1. The number of anilines is 1. The molecule has 162 valence electrons. The van der Waals surface area contributed by atoms with Crippen LogP contribution in [0.15, 0.2) is 75.3 Å². The van der Waals surface area contributed by atoms with Crippen LogP contribution in [0.3, 0.4) is 0 Å². The van der Waals surface area contributed by atoms with E-state index in [-0.39, 0.29) is 11.3 Å². The van der Waals surface area contributed by atoms with Crippen LogP contribution >= 0.6 is 15.9 Å². The van der Waals surface area contributed by atoms with Gasteiger partial charge in [-0.15, -0.1) is 0 Å². The normalized spacial score (nSPS) is 17.6. The first-order valence-electron chi connectivity index (χ1n) is 9.62. The molecule has 1 aliphatic heterocycles. The second-order valence-electron chi connectivity index (χ2n) is 7.19. The lowest BCUT2D eigenvalue weighted by molar-refractivity contribution is -0.132. The highest BCUT2D eigenvalue weighted by molar-refractivity contribution is 9.10. The molecule has 2 heterocycles. The fraction of sp³-hybridized carbons (Fsp3) is 0.125. The molecule has 1 atom stereocenters. The average Bonchev–Trinajstić information content (AvgIpc) is 3.42. The summed E-state index contributed by atoms with van der Waals surface area (Å²) in [6.45, 7) is 1.85. The second-order valence-corrected chi connectivity index (χ2v) is 8.04. The minimum absolute atomic E-state index is 0.0799. The molecule has 0 radical (unpaired) electrons. The van der Waals surface area contributed by atoms with E-state index in [1.54, 1.807) is 30.3 Å². The lowest BCUT2D eigenvalue weighted by Gasteiger charge is -2.23. The van der Waals surface area contributed by atoms with Crippen molar-refractivity contribution in [2.24, 2.45) is 0 Å². The lowest BCUT2D eigenvalue weighted by Crippen LogP contribution is -2.29. The molecule has 32 heavy (non-hydrogen) atoms. The zero-order chi connectivity index (χ0) is 23.0. The second kappa shape index (κ2) is 8.47. The molecule has 1 aromatic heterocycles. The molecule has 1 aliphatic rings. The number of hydrogen-bond donors (Lipinski definition) is 1. The zero-order valence-electron chi connectivity index (χ0n) is 17.2. The summed E-state index contributed by atoms with van der Waals surface area (Å²) in [6, 6.07) is 13.5. The van der Waals surface area contributed by atoms with E-state index in [4.69, 9.17) is 9.15 Å². The third-order valence-corrected chi connectivity index (χ3v) is 6.14. The quantitative estimate of drug-likeness (QED) is 0.242. The van der Waals surface area contributed by atoms with Crippen LogP contribution in [-0.2, 0) is 14.3 Å². The van der Waals surface area contributed by atoms with Gasteiger partial charge in [-0.1, -0.05) is 22.0 Å². The highest BCUT2D eigenvalue weighted by atomic mass is 79.9. The van der Waals surface area contributed by atoms with Crippen LogP contribution in [0.5, 0.6) is 0 Å². The van der Waals surface area contributed by atoms with Crippen LogP contribution in [0.4, 0.5) is 5.69 Å². The van der Waals surface area contributed by atoms with Crippen molar-refractivity contribution in [2.75, 3.05) is 12.0 Å². The van der Waals surface area contributed by atoms with Crippen molar-refractivity contribution in [3.63, 3.8) is 0 Å². The number of carbonyl (C=O) groups is 3. The maximum atomic E-state index is 13.0. The Labute approximate surface area is 192 Å². The summed E-state index contributed by atoms with van der Waals surface area (Å²) in [5.41, 5.74) is 1.85. The number of methoxy groups -OCH3 is 1. The Morgan fingerprint density at radius 2 is 1.78 bits per heavy atom. The number of carbonyl (C=O) groups excluding carboxylic acids is 3. The summed E-state index contributed by atoms with van der Waals surface area (Å²) in [6.07, 6.45) is 1.43. The van der Waals surface area contributed by atoms with Crippen molar-refractivity contribution in [2.45, 2.75) is 13.0 Å². The number of hydrogen-bond acceptors (Lipinski definition) is 6. The number of ether oxygens (including phenoxy) is 1. The molecule has 2 aromatic carbocycles. The van der Waals surface area contributed by atoms with Crippen molar-refractivity contribution in [1.29, 1.82) is 0 Å². The molecule has 3 aromatic rings. The van der Waals surface area contributed by atoms with Crippen molar-refractivity contribution in [3.05, 3.63) is 93.4 Å². The molecule has 0 saturated carbocycles. The van der Waals surface area contributed by atoms with Crippen molar-refractivity contribution in [3.8, 4) is 0 Å². The Hall–Kier alpha value is -3.65. The predicted molar refractivity (Wildman–Crippen MR) is 120 cm³/mol. The molecule has 1 amide bonds. The van der Waals surface area contributed by atoms with Crippen LogP contribution in [0.25, 0.3) is 5.76 Å². The van der Waals surface area contributed by atoms with Gasteiger partial charge in [0, 0.05) is 15.7 Å². The molecule has 1 saturated heterocycles. The van der Waals surface area contributed by atoms with Crippen LogP contribution in [0.1, 0.15) is 33.3 Å². The minimum atomic E-state index is -0.974. The van der Waals surface area contributed by atoms with E-state index in [0.717, 1.165) is 10.0 Å². The first-order valence-corrected chi connectivity index (χ1v) is 10.4. The van der Waals surface area contributed by atoms with Crippen LogP contribution in [0.2, 0.25) is 0 Å². The van der Waals surface area contributed by atoms with E-state index in [1.807, 2.05) is 6.92 Å². The summed E-state index contributed by atoms with van der Waals surface area (Å²) in [5, 5.41) is 11.1. The van der Waals surface area contributed by atoms with E-state index >= 15 is 0 Å². The van der Waals surface area contributed by atoms with Crippen LogP contribution in [0, 0.1) is 6.92 Å². The predicted octanol–water partition coefficient (Wildman–Crippen LogP) is 4.76. The lowest BCUT2D eigenvalue weighted by atomic mass is 9.98. The number of Topliss-reactive ketones (excluding diaryl/α,β-unsaturated/α-hetero) is 1. The Balaban J connectivity index is 1.87. The Morgan fingerprint density at radius 1 is 1.09 bits per heavy atom. The van der Waals surface area contributed by atoms with Gasteiger partial charge in [0.15, 0.2) is 0 Å². The van der Waals surface area contributed by atoms with Crippen molar-refractivity contribution >= 4 is 45.0 Å². The van der Waals surface area contributed by atoms with Crippen LogP contribution < -0.4 is 4.90 Å². The number of aryl methyl sites for hydroxylation is 1. The van der Waals surface area contributed by atoms with Gasteiger partial charge in [-0.05, 0) is 61.0 Å². The molecular formula is C24H18BrNO6. The van der Waals surface area contributed by atoms with Gasteiger partial charge in [-0.3, -0.25) is 14.5 Å². The van der Waals surface area contributed by atoms with Gasteiger partial charge in [-0.25, -0.2) is 4.79 Å². The molecule has 8 heteroatoms. The monoisotopic (exact) mass is 495 g/mol. The number of rotatable bonds is 4. The largest absolute Gasteiger partial charge is 0.507 e. The van der Waals surface area contributed by atoms with Crippen molar-refractivity contribution < 1.29 is 28.6 Å². The molecule has 0 bridgehead atoms. The van der Waals surface area contributed by atoms with E-state index < -0.39 is 23.7 Å². The summed E-state index contributed by atoms with van der Waals surface area (Å²) in [5.74, 6) is -2.15. The number of aliphatic hydroxyl groups is 1. The molecule has 0 aliphatic carbocycles. The standard InChI is InChI=1S/C24H18BrNO6/c1-13-12-15(7-10-17(13)25)21(27)19-20(18-4-3-11-32-18)26(23(29)22(19)28)16-8-5-14(6-9-16)24(30)31-2/h3-12,20,27H,1-2H3/b21-19-. The Bertz CT molecular complexity index is 1240. The number of ketones is 1. The molecule has 1 unspecified atom stereocenters. The van der Waals surface area contributed by atoms with Crippen molar-refractivity contribution in [1.82, 2.24) is 0 Å². The molecule has 1 N–H and O–H groups in total. The number of halogens is 1. The van der Waals surface area contributed by atoms with Gasteiger partial charge in [0.1, 0.15) is 17.6 Å². The van der Waals surface area contributed by atoms with Gasteiger partial charge in [0.25, 0.3) is 11.7 Å². The molecule has 1 fully saturated rings. The fourth-order valence-electron chi connectivity index (χ4n) is 3.64. The minimum Gasteiger partial charge on any atom is -0.507 e. The number of nitrogens with zero attached hydrogens (tertiary/aromatic N) is 1. The number of aliphatic hydroxyl groups excluding tert-OH is 1. The number of amides is 1. The number of benzene rings is 2. The Morgan fingerprint density at radius 3 is 2.38 bits per heavy atom. The molecular weight excluding hydrogens is 478 g/mol. The van der Waals surface area contributed by atoms with Gasteiger partial charge in [-0.2, -0.15) is 0 Å². The third kappa shape index (κ3) is 3.62. The van der Waals surface area contributed by atoms with Gasteiger partial charge in [0.05, 0.1) is 24.5 Å². The third-order valence-electron chi connectivity index (χ3n) is 5.26. The SMILES string of the molecule is COC(=O)c1ccc(N2C(=O)C(=O)/C(=C(\O)c3ccc(Br)c(C)c3)C2c2ccco2)cc1. The maximum absolute atomic E-state index is 13.0.